The van der Waals surface area contributed by atoms with Gasteiger partial charge in [-0.25, -0.2) is 4.98 Å². The van der Waals surface area contributed by atoms with Gasteiger partial charge in [-0.2, -0.15) is 0 Å². The van der Waals surface area contributed by atoms with E-state index in [1.165, 1.54) is 10.4 Å². The first-order chi connectivity index (χ1) is 14.5. The lowest BCUT2D eigenvalue weighted by Crippen LogP contribution is -2.47. The molecule has 0 saturated carbocycles. The molecule has 158 valence electrons. The molecule has 2 atom stereocenters. The van der Waals surface area contributed by atoms with Crippen molar-refractivity contribution in [2.75, 3.05) is 31.1 Å². The topological polar surface area (TPSA) is 72.5 Å². The second-order valence-corrected chi connectivity index (χ2v) is 9.75. The van der Waals surface area contributed by atoms with Crippen molar-refractivity contribution < 1.29 is 5.11 Å². The van der Waals surface area contributed by atoms with Gasteiger partial charge in [0.25, 0.3) is 5.56 Å². The van der Waals surface area contributed by atoms with E-state index in [2.05, 4.69) is 28.6 Å². The van der Waals surface area contributed by atoms with Crippen LogP contribution in [0.2, 0.25) is 0 Å². The molecule has 2 aliphatic rings. The molecule has 5 rings (SSSR count). The van der Waals surface area contributed by atoms with Crippen molar-refractivity contribution in [1.29, 1.82) is 0 Å². The first kappa shape index (κ1) is 19.6. The minimum absolute atomic E-state index is 0.0155. The summed E-state index contributed by atoms with van der Waals surface area (Å²) in [5.74, 6) is 1.77. The number of benzene rings is 1. The molecule has 1 aliphatic carbocycles. The number of aryl methyl sites for hydroxylation is 1. The largest absolute Gasteiger partial charge is 0.506 e. The van der Waals surface area contributed by atoms with E-state index < -0.39 is 0 Å². The van der Waals surface area contributed by atoms with Gasteiger partial charge in [-0.3, -0.25) is 9.69 Å². The summed E-state index contributed by atoms with van der Waals surface area (Å²) in [5, 5.41) is 11.0. The summed E-state index contributed by atoms with van der Waals surface area (Å²) in [6.07, 6.45) is 3.21. The van der Waals surface area contributed by atoms with Crippen molar-refractivity contribution in [3.63, 3.8) is 0 Å². The minimum atomic E-state index is 0.0155. The lowest BCUT2D eigenvalue weighted by atomic mass is 9.89. The molecule has 0 radical (unpaired) electrons. The average Bonchev–Trinajstić information content (AvgIpc) is 3.11. The van der Waals surface area contributed by atoms with Crippen LogP contribution in [0.5, 0.6) is 5.75 Å². The Balaban J connectivity index is 1.36. The van der Waals surface area contributed by atoms with E-state index >= 15 is 0 Å². The number of nitrogens with one attached hydrogen (secondary N) is 1. The summed E-state index contributed by atoms with van der Waals surface area (Å²) in [7, 11) is 0. The third-order valence-corrected chi connectivity index (χ3v) is 7.81. The maximum Gasteiger partial charge on any atom is 0.259 e. The van der Waals surface area contributed by atoms with Crippen molar-refractivity contribution >= 4 is 27.2 Å². The highest BCUT2D eigenvalue weighted by molar-refractivity contribution is 7.18. The van der Waals surface area contributed by atoms with Gasteiger partial charge >= 0.3 is 0 Å². The molecule has 0 bridgehead atoms. The number of para-hydroxylation sites is 2. The zero-order valence-corrected chi connectivity index (χ0v) is 18.3. The molecular weight excluding hydrogens is 396 g/mol. The number of hydrogen-bond donors (Lipinski definition) is 2. The molecule has 2 aromatic heterocycles. The summed E-state index contributed by atoms with van der Waals surface area (Å²) in [6.45, 7) is 7.78. The normalized spacial score (nSPS) is 21.0. The fourth-order valence-corrected chi connectivity index (χ4v) is 6.21. The number of fused-ring (bicyclic) bond motifs is 3. The number of anilines is 1. The van der Waals surface area contributed by atoms with Gasteiger partial charge in [-0.1, -0.05) is 19.1 Å². The standard InChI is InChI=1S/C23H28N4O2S/c1-14-7-8-16-19(13-14)30-23-20(16)22(29)24-21(25-23)15(2)26-9-11-27(12-10-26)17-5-3-4-6-18(17)28/h3-6,14-15,28H,7-13H2,1-2H3,(H,24,25,29)/t14-,15-/m1/s1. The van der Waals surface area contributed by atoms with Crippen molar-refractivity contribution in [3.8, 4) is 5.75 Å². The Morgan fingerprint density at radius 3 is 2.77 bits per heavy atom. The van der Waals surface area contributed by atoms with E-state index in [0.29, 0.717) is 11.7 Å². The van der Waals surface area contributed by atoms with Crippen LogP contribution >= 0.6 is 11.3 Å². The summed E-state index contributed by atoms with van der Waals surface area (Å²) in [6, 6.07) is 7.54. The lowest BCUT2D eigenvalue weighted by Gasteiger charge is -2.38. The zero-order chi connectivity index (χ0) is 20.8. The van der Waals surface area contributed by atoms with Crippen molar-refractivity contribution in [2.45, 2.75) is 39.2 Å². The van der Waals surface area contributed by atoms with Crippen molar-refractivity contribution in [3.05, 3.63) is 50.9 Å². The molecule has 3 aromatic rings. The number of H-pyrrole nitrogens is 1. The van der Waals surface area contributed by atoms with Crippen LogP contribution in [-0.2, 0) is 12.8 Å². The van der Waals surface area contributed by atoms with E-state index in [1.807, 2.05) is 18.2 Å². The Hall–Kier alpha value is -2.38. The van der Waals surface area contributed by atoms with Crippen LogP contribution in [-0.4, -0.2) is 46.2 Å². The predicted octanol–water partition coefficient (Wildman–Crippen LogP) is 3.70. The molecule has 0 spiro atoms. The molecule has 6 nitrogen and oxygen atoms in total. The molecule has 0 unspecified atom stereocenters. The summed E-state index contributed by atoms with van der Waals surface area (Å²) < 4.78 is 0. The number of hydrogen-bond acceptors (Lipinski definition) is 6. The van der Waals surface area contributed by atoms with Gasteiger partial charge < -0.3 is 15.0 Å². The molecule has 1 fully saturated rings. The fourth-order valence-electron chi connectivity index (χ4n) is 4.82. The van der Waals surface area contributed by atoms with Gasteiger partial charge in [-0.15, -0.1) is 11.3 Å². The Morgan fingerprint density at radius 1 is 1.23 bits per heavy atom. The zero-order valence-electron chi connectivity index (χ0n) is 17.5. The lowest BCUT2D eigenvalue weighted by molar-refractivity contribution is 0.191. The molecule has 7 heteroatoms. The third-order valence-electron chi connectivity index (χ3n) is 6.66. The highest BCUT2D eigenvalue weighted by Gasteiger charge is 2.27. The first-order valence-electron chi connectivity index (χ1n) is 10.8. The number of aromatic hydroxyl groups is 1. The Kier molecular flexibility index (Phi) is 5.03. The highest BCUT2D eigenvalue weighted by Crippen LogP contribution is 2.36. The van der Waals surface area contributed by atoms with Crippen LogP contribution in [0.3, 0.4) is 0 Å². The SMILES string of the molecule is C[C@@H]1CCc2c(sc3nc([C@@H](C)N4CCN(c5ccccc5O)CC4)[nH]c(=O)c23)C1. The number of nitrogens with zero attached hydrogens (tertiary/aromatic N) is 3. The molecule has 1 saturated heterocycles. The molecule has 3 heterocycles. The maximum absolute atomic E-state index is 12.9. The molecule has 1 aromatic carbocycles. The van der Waals surface area contributed by atoms with Crippen LogP contribution in [0, 0.1) is 5.92 Å². The summed E-state index contributed by atoms with van der Waals surface area (Å²) in [4.78, 5) is 27.7. The van der Waals surface area contributed by atoms with E-state index in [-0.39, 0.29) is 11.6 Å². The van der Waals surface area contributed by atoms with Gasteiger partial charge in [0, 0.05) is 31.1 Å². The molecular formula is C23H28N4O2S. The number of rotatable bonds is 3. The predicted molar refractivity (Wildman–Crippen MR) is 122 cm³/mol. The van der Waals surface area contributed by atoms with Gasteiger partial charge in [0.1, 0.15) is 16.4 Å². The molecule has 2 N–H and O–H groups in total. The highest BCUT2D eigenvalue weighted by atomic mass is 32.1. The minimum Gasteiger partial charge on any atom is -0.506 e. The summed E-state index contributed by atoms with van der Waals surface area (Å²) >= 11 is 1.71. The van der Waals surface area contributed by atoms with Crippen molar-refractivity contribution in [2.24, 2.45) is 5.92 Å². The Morgan fingerprint density at radius 2 is 2.00 bits per heavy atom. The monoisotopic (exact) mass is 424 g/mol. The van der Waals surface area contributed by atoms with Crippen LogP contribution in [0.1, 0.15) is 42.6 Å². The van der Waals surface area contributed by atoms with Gasteiger partial charge in [0.05, 0.1) is 17.1 Å². The Labute approximate surface area is 180 Å². The first-order valence-corrected chi connectivity index (χ1v) is 11.6. The van der Waals surface area contributed by atoms with Crippen LogP contribution in [0.25, 0.3) is 10.2 Å². The van der Waals surface area contributed by atoms with Crippen LogP contribution in [0.4, 0.5) is 5.69 Å². The number of thiophene rings is 1. The van der Waals surface area contributed by atoms with Crippen molar-refractivity contribution in [1.82, 2.24) is 14.9 Å². The second kappa shape index (κ2) is 7.71. The van der Waals surface area contributed by atoms with Crippen LogP contribution < -0.4 is 10.5 Å². The van der Waals surface area contributed by atoms with E-state index in [9.17, 15) is 9.90 Å². The van der Waals surface area contributed by atoms with Crippen LogP contribution in [0.15, 0.2) is 29.1 Å². The van der Waals surface area contributed by atoms with Gasteiger partial charge in [-0.05, 0) is 49.8 Å². The second-order valence-electron chi connectivity index (χ2n) is 8.67. The van der Waals surface area contributed by atoms with Gasteiger partial charge in [0.15, 0.2) is 0 Å². The number of phenolic OH excluding ortho intramolecular Hbond substituents is 1. The molecule has 1 aliphatic heterocycles. The fraction of sp³-hybridized carbons (Fsp3) is 0.478. The molecule has 30 heavy (non-hydrogen) atoms. The summed E-state index contributed by atoms with van der Waals surface area (Å²) in [5.41, 5.74) is 2.13. The average molecular weight is 425 g/mol. The number of piperazine rings is 1. The number of aromatic nitrogens is 2. The van der Waals surface area contributed by atoms with E-state index in [1.54, 1.807) is 17.4 Å². The number of aromatic amines is 1. The number of phenols is 1. The van der Waals surface area contributed by atoms with E-state index in [0.717, 1.165) is 67.2 Å². The van der Waals surface area contributed by atoms with Gasteiger partial charge in [0.2, 0.25) is 0 Å². The molecule has 0 amide bonds. The Bertz CT molecular complexity index is 1130. The third kappa shape index (κ3) is 3.40. The quantitative estimate of drug-likeness (QED) is 0.671. The smallest absolute Gasteiger partial charge is 0.259 e. The van der Waals surface area contributed by atoms with E-state index in [4.69, 9.17) is 4.98 Å². The maximum atomic E-state index is 12.9.